The second-order valence-corrected chi connectivity index (χ2v) is 5.72. The number of amides is 2. The zero-order valence-electron chi connectivity index (χ0n) is 14.5. The number of benzene rings is 2. The zero-order chi connectivity index (χ0) is 18.8. The van der Waals surface area contributed by atoms with Gasteiger partial charge in [-0.3, -0.25) is 14.5 Å². The lowest BCUT2D eigenvalue weighted by Gasteiger charge is -2.26. The van der Waals surface area contributed by atoms with Crippen molar-refractivity contribution in [2.45, 2.75) is 6.92 Å². The molecule has 0 saturated carbocycles. The lowest BCUT2D eigenvalue weighted by Crippen LogP contribution is -2.42. The van der Waals surface area contributed by atoms with E-state index in [1.165, 1.54) is 0 Å². The van der Waals surface area contributed by atoms with E-state index in [0.717, 1.165) is 10.3 Å². The van der Waals surface area contributed by atoms with Gasteiger partial charge in [-0.15, -0.1) is 0 Å². The van der Waals surface area contributed by atoms with Gasteiger partial charge in [0.15, 0.2) is 0 Å². The van der Waals surface area contributed by atoms with Crippen LogP contribution >= 0.6 is 0 Å². The van der Waals surface area contributed by atoms with Crippen LogP contribution < -0.4 is 9.47 Å². The first-order valence-electron chi connectivity index (χ1n) is 8.40. The molecule has 136 valence electrons. The van der Waals surface area contributed by atoms with Crippen molar-refractivity contribution in [1.29, 1.82) is 0 Å². The van der Waals surface area contributed by atoms with Gasteiger partial charge in [-0.1, -0.05) is 44.7 Å². The number of ether oxygens (including phenoxy) is 2. The summed E-state index contributed by atoms with van der Waals surface area (Å²) >= 11 is 0. The topological polar surface area (TPSA) is 107 Å². The third-order valence-electron chi connectivity index (χ3n) is 4.12. The van der Waals surface area contributed by atoms with Crippen molar-refractivity contribution in [3.63, 3.8) is 0 Å². The summed E-state index contributed by atoms with van der Waals surface area (Å²) < 4.78 is 10.4. The van der Waals surface area contributed by atoms with Gasteiger partial charge in [0, 0.05) is 16.5 Å². The van der Waals surface area contributed by atoms with Crippen molar-refractivity contribution in [2.75, 3.05) is 19.8 Å². The number of carbonyl (C=O) groups excluding carboxylic acids is 2. The fraction of sp³-hybridized carbons (Fsp3) is 0.222. The molecule has 9 heteroatoms. The summed E-state index contributed by atoms with van der Waals surface area (Å²) in [6.07, 6.45) is 0. The predicted octanol–water partition coefficient (Wildman–Crippen LogP) is 1.49. The molecule has 0 atom stereocenters. The molecule has 9 nitrogen and oxygen atoms in total. The van der Waals surface area contributed by atoms with E-state index in [1.807, 2.05) is 12.1 Å². The smallest absolute Gasteiger partial charge is 0.355 e. The molecule has 0 spiro atoms. The highest BCUT2D eigenvalue weighted by Gasteiger charge is 2.32. The van der Waals surface area contributed by atoms with E-state index in [2.05, 4.69) is 20.4 Å². The predicted molar refractivity (Wildman–Crippen MR) is 93.6 cm³/mol. The maximum absolute atomic E-state index is 12.7. The van der Waals surface area contributed by atoms with Crippen LogP contribution in [-0.2, 0) is 0 Å². The Morgan fingerprint density at radius 3 is 1.96 bits per heavy atom. The Labute approximate surface area is 153 Å². The van der Waals surface area contributed by atoms with Crippen molar-refractivity contribution >= 4 is 22.6 Å². The molecule has 0 aliphatic carbocycles. The number of nitrogens with zero attached hydrogens (tertiary/aromatic N) is 5. The summed E-state index contributed by atoms with van der Waals surface area (Å²) in [6.45, 7) is 2.27. The van der Waals surface area contributed by atoms with Gasteiger partial charge < -0.3 is 9.47 Å². The molecular weight excluding hydrogens is 350 g/mol. The lowest BCUT2D eigenvalue weighted by molar-refractivity contribution is 0.0584. The largest absolute Gasteiger partial charge is 0.462 e. The van der Waals surface area contributed by atoms with E-state index in [0.29, 0.717) is 23.1 Å². The minimum atomic E-state index is -0.350. The molecule has 2 heterocycles. The van der Waals surface area contributed by atoms with Crippen LogP contribution in [0.4, 0.5) is 0 Å². The van der Waals surface area contributed by atoms with Crippen molar-refractivity contribution < 1.29 is 19.1 Å². The van der Waals surface area contributed by atoms with E-state index >= 15 is 0 Å². The molecule has 0 radical (unpaired) electrons. The van der Waals surface area contributed by atoms with Crippen LogP contribution in [0.1, 0.15) is 27.6 Å². The highest BCUT2D eigenvalue weighted by molar-refractivity contribution is 6.25. The van der Waals surface area contributed by atoms with Crippen LogP contribution in [0, 0.1) is 0 Å². The number of rotatable bonds is 6. The van der Waals surface area contributed by atoms with Gasteiger partial charge in [-0.2, -0.15) is 0 Å². The van der Waals surface area contributed by atoms with Crippen molar-refractivity contribution in [1.82, 2.24) is 25.3 Å². The number of imide groups is 1. The molecule has 0 fully saturated rings. The average Bonchev–Trinajstić information content (AvgIpc) is 2.70. The van der Waals surface area contributed by atoms with Gasteiger partial charge >= 0.3 is 12.0 Å². The Kier molecular flexibility index (Phi) is 4.33. The van der Waals surface area contributed by atoms with Crippen LogP contribution in [-0.4, -0.2) is 56.9 Å². The molecule has 0 saturated heterocycles. The van der Waals surface area contributed by atoms with Crippen molar-refractivity contribution in [3.8, 4) is 12.0 Å². The highest BCUT2D eigenvalue weighted by atomic mass is 16.5. The molecule has 2 aromatic carbocycles. The number of hydrogen-bond donors (Lipinski definition) is 0. The van der Waals surface area contributed by atoms with E-state index in [9.17, 15) is 9.59 Å². The van der Waals surface area contributed by atoms with Gasteiger partial charge in [0.1, 0.15) is 6.61 Å². The summed E-state index contributed by atoms with van der Waals surface area (Å²) in [5, 5.41) is 16.4. The molecule has 27 heavy (non-hydrogen) atoms. The Morgan fingerprint density at radius 2 is 1.41 bits per heavy atom. The number of carbonyl (C=O) groups is 2. The summed E-state index contributed by atoms with van der Waals surface area (Å²) in [4.78, 5) is 26.7. The lowest BCUT2D eigenvalue weighted by atomic mass is 9.94. The van der Waals surface area contributed by atoms with E-state index in [1.54, 1.807) is 31.2 Å². The normalized spacial score (nSPS) is 13.1. The van der Waals surface area contributed by atoms with Gasteiger partial charge in [-0.05, 0) is 24.4 Å². The van der Waals surface area contributed by atoms with E-state index in [-0.39, 0.29) is 37.0 Å². The van der Waals surface area contributed by atoms with Crippen LogP contribution in [0.25, 0.3) is 10.8 Å². The molecule has 1 aliphatic rings. The van der Waals surface area contributed by atoms with Gasteiger partial charge in [-0.25, -0.2) is 0 Å². The fourth-order valence-corrected chi connectivity index (χ4v) is 2.97. The standard InChI is InChI=1S/C18H15N5O4/c1-2-26-17-19-21-18(22-20-17)27-10-9-23-15(24)12-7-3-5-11-6-4-8-13(14(11)12)16(23)25/h3-8H,2,9-10H2,1H3. The summed E-state index contributed by atoms with van der Waals surface area (Å²) in [6, 6.07) is 10.8. The quantitative estimate of drug-likeness (QED) is 0.605. The number of aromatic nitrogens is 4. The zero-order valence-corrected chi connectivity index (χ0v) is 14.5. The van der Waals surface area contributed by atoms with Crippen molar-refractivity contribution in [2.24, 2.45) is 0 Å². The maximum Gasteiger partial charge on any atom is 0.355 e. The van der Waals surface area contributed by atoms with Gasteiger partial charge in [0.05, 0.1) is 13.2 Å². The molecular formula is C18H15N5O4. The molecule has 1 aliphatic heterocycles. The Morgan fingerprint density at radius 1 is 0.852 bits per heavy atom. The highest BCUT2D eigenvalue weighted by Crippen LogP contribution is 2.29. The van der Waals surface area contributed by atoms with E-state index in [4.69, 9.17) is 9.47 Å². The molecule has 0 bridgehead atoms. The summed E-state index contributed by atoms with van der Waals surface area (Å²) in [5.41, 5.74) is 1.01. The SMILES string of the molecule is CCOc1nnc(OCCN2C(=O)c3cccc4cccc(c34)C2=O)nn1. The monoisotopic (exact) mass is 365 g/mol. The summed E-state index contributed by atoms with van der Waals surface area (Å²) in [5.74, 6) is -0.700. The first-order valence-corrected chi connectivity index (χ1v) is 8.40. The second-order valence-electron chi connectivity index (χ2n) is 5.72. The minimum Gasteiger partial charge on any atom is -0.462 e. The number of hydrogen-bond acceptors (Lipinski definition) is 8. The van der Waals surface area contributed by atoms with Crippen LogP contribution in [0.5, 0.6) is 12.0 Å². The Hall–Kier alpha value is -3.62. The third-order valence-corrected chi connectivity index (χ3v) is 4.12. The van der Waals surface area contributed by atoms with Crippen LogP contribution in [0.2, 0.25) is 0 Å². The minimum absolute atomic E-state index is 0.0208. The molecule has 0 unspecified atom stereocenters. The first-order chi connectivity index (χ1) is 13.2. The maximum atomic E-state index is 12.7. The Bertz CT molecular complexity index is 971. The van der Waals surface area contributed by atoms with Gasteiger partial charge in [0.25, 0.3) is 11.8 Å². The van der Waals surface area contributed by atoms with E-state index < -0.39 is 0 Å². The van der Waals surface area contributed by atoms with Crippen molar-refractivity contribution in [3.05, 3.63) is 47.5 Å². The first kappa shape index (κ1) is 16.8. The fourth-order valence-electron chi connectivity index (χ4n) is 2.97. The average molecular weight is 365 g/mol. The molecule has 0 N–H and O–H groups in total. The molecule has 1 aromatic heterocycles. The van der Waals surface area contributed by atoms with Crippen LogP contribution in [0.3, 0.4) is 0 Å². The third kappa shape index (κ3) is 3.03. The second kappa shape index (κ2) is 6.94. The summed E-state index contributed by atoms with van der Waals surface area (Å²) in [7, 11) is 0. The van der Waals surface area contributed by atoms with Gasteiger partial charge in [0.2, 0.25) is 0 Å². The Balaban J connectivity index is 1.49. The molecule has 3 aromatic rings. The molecule has 4 rings (SSSR count). The van der Waals surface area contributed by atoms with Crippen LogP contribution in [0.15, 0.2) is 36.4 Å². The molecule has 2 amide bonds.